The molecule has 2 atom stereocenters. The van der Waals surface area contributed by atoms with Crippen molar-refractivity contribution in [2.75, 3.05) is 33.0 Å². The van der Waals surface area contributed by atoms with Crippen LogP contribution in [-0.2, 0) is 9.47 Å². The molecule has 0 amide bonds. The van der Waals surface area contributed by atoms with Crippen molar-refractivity contribution in [2.45, 2.75) is 51.2 Å². The van der Waals surface area contributed by atoms with Gasteiger partial charge in [-0.05, 0) is 39.2 Å². The van der Waals surface area contributed by atoms with E-state index in [1.165, 1.54) is 0 Å². The lowest BCUT2D eigenvalue weighted by Crippen LogP contribution is -2.45. The molecule has 0 aromatic carbocycles. The van der Waals surface area contributed by atoms with Crippen LogP contribution in [0.2, 0.25) is 0 Å². The second-order valence-corrected chi connectivity index (χ2v) is 5.06. The van der Waals surface area contributed by atoms with E-state index >= 15 is 0 Å². The van der Waals surface area contributed by atoms with Gasteiger partial charge >= 0.3 is 0 Å². The van der Waals surface area contributed by atoms with Crippen LogP contribution in [0.5, 0.6) is 0 Å². The summed E-state index contributed by atoms with van der Waals surface area (Å²) in [6.45, 7) is 7.63. The zero-order valence-corrected chi connectivity index (χ0v) is 11.2. The van der Waals surface area contributed by atoms with E-state index in [4.69, 9.17) is 9.47 Å². The molecule has 2 N–H and O–H groups in total. The van der Waals surface area contributed by atoms with Crippen molar-refractivity contribution >= 4 is 0 Å². The first-order valence-corrected chi connectivity index (χ1v) is 6.75. The number of unbranched alkanes of at least 4 members (excludes halogenated alkanes) is 1. The van der Waals surface area contributed by atoms with Crippen LogP contribution < -0.4 is 5.32 Å². The predicted octanol–water partition coefficient (Wildman–Crippen LogP) is 1.32. The summed E-state index contributed by atoms with van der Waals surface area (Å²) in [6.07, 6.45) is 4.47. The summed E-state index contributed by atoms with van der Waals surface area (Å²) in [4.78, 5) is 0. The molecule has 0 aromatic rings. The van der Waals surface area contributed by atoms with Crippen molar-refractivity contribution in [3.05, 3.63) is 0 Å². The topological polar surface area (TPSA) is 50.7 Å². The van der Waals surface area contributed by atoms with E-state index in [2.05, 4.69) is 19.2 Å². The van der Waals surface area contributed by atoms with Crippen molar-refractivity contribution in [3.63, 3.8) is 0 Å². The van der Waals surface area contributed by atoms with Crippen LogP contribution in [0.1, 0.15) is 39.5 Å². The first-order valence-electron chi connectivity index (χ1n) is 6.75. The second-order valence-electron chi connectivity index (χ2n) is 5.06. The Morgan fingerprint density at radius 3 is 2.88 bits per heavy atom. The molecular formula is C13H27NO3. The number of hydrogen-bond acceptors (Lipinski definition) is 4. The molecule has 2 unspecified atom stereocenters. The molecule has 1 fully saturated rings. The molecule has 4 heteroatoms. The van der Waals surface area contributed by atoms with Crippen molar-refractivity contribution in [1.29, 1.82) is 0 Å². The van der Waals surface area contributed by atoms with Crippen molar-refractivity contribution < 1.29 is 14.6 Å². The third-order valence-corrected chi connectivity index (χ3v) is 3.32. The fourth-order valence-corrected chi connectivity index (χ4v) is 2.16. The average Bonchev–Trinajstić information content (AvgIpc) is 2.82. The van der Waals surface area contributed by atoms with Gasteiger partial charge in [0.15, 0.2) is 0 Å². The molecule has 0 aromatic heterocycles. The summed E-state index contributed by atoms with van der Waals surface area (Å²) in [5.74, 6) is 0. The summed E-state index contributed by atoms with van der Waals surface area (Å²) in [6, 6.07) is 0. The summed E-state index contributed by atoms with van der Waals surface area (Å²) in [5, 5.41) is 12.7. The monoisotopic (exact) mass is 245 g/mol. The van der Waals surface area contributed by atoms with Gasteiger partial charge in [-0.25, -0.2) is 0 Å². The Bertz CT molecular complexity index is 195. The molecule has 17 heavy (non-hydrogen) atoms. The van der Waals surface area contributed by atoms with Gasteiger partial charge in [-0.3, -0.25) is 0 Å². The van der Waals surface area contributed by atoms with Crippen LogP contribution in [-0.4, -0.2) is 49.7 Å². The maximum Gasteiger partial charge on any atom is 0.0830 e. The highest BCUT2D eigenvalue weighted by atomic mass is 16.5. The number of aliphatic hydroxyl groups excluding tert-OH is 1. The van der Waals surface area contributed by atoms with Gasteiger partial charge in [-0.2, -0.15) is 0 Å². The Kier molecular flexibility index (Phi) is 7.04. The number of likely N-dealkylation sites (N-methyl/N-ethyl adjacent to an activating group) is 1. The van der Waals surface area contributed by atoms with Gasteiger partial charge in [-0.15, -0.1) is 0 Å². The van der Waals surface area contributed by atoms with Gasteiger partial charge in [0.25, 0.3) is 0 Å². The maximum atomic E-state index is 9.34. The van der Waals surface area contributed by atoms with Crippen LogP contribution in [0, 0.1) is 0 Å². The summed E-state index contributed by atoms with van der Waals surface area (Å²) in [7, 11) is 0. The van der Waals surface area contributed by atoms with Gasteiger partial charge in [0.1, 0.15) is 0 Å². The molecule has 0 bridgehead atoms. The Hall–Kier alpha value is -0.160. The quantitative estimate of drug-likeness (QED) is 0.602. The minimum absolute atomic E-state index is 0.134. The van der Waals surface area contributed by atoms with Gasteiger partial charge < -0.3 is 19.9 Å². The number of ether oxygens (including phenoxy) is 2. The number of hydrogen-bond donors (Lipinski definition) is 2. The van der Waals surface area contributed by atoms with Crippen LogP contribution in [0.4, 0.5) is 0 Å². The van der Waals surface area contributed by atoms with Gasteiger partial charge in [-0.1, -0.05) is 6.92 Å². The fraction of sp³-hybridized carbons (Fsp3) is 1.00. The summed E-state index contributed by atoms with van der Waals surface area (Å²) >= 11 is 0. The molecule has 4 nitrogen and oxygen atoms in total. The zero-order valence-electron chi connectivity index (χ0n) is 11.2. The largest absolute Gasteiger partial charge is 0.394 e. The standard InChI is InChI=1S/C13H27NO3/c1-3-14-13(2,11-15)7-4-5-8-17-12-6-9-16-10-12/h12,14-15H,3-11H2,1-2H3. The van der Waals surface area contributed by atoms with E-state index < -0.39 is 0 Å². The average molecular weight is 245 g/mol. The highest BCUT2D eigenvalue weighted by Crippen LogP contribution is 2.14. The van der Waals surface area contributed by atoms with E-state index in [9.17, 15) is 5.11 Å². The van der Waals surface area contributed by atoms with Crippen molar-refractivity contribution in [1.82, 2.24) is 5.32 Å². The van der Waals surface area contributed by atoms with Crippen molar-refractivity contribution in [3.8, 4) is 0 Å². The van der Waals surface area contributed by atoms with E-state index in [-0.39, 0.29) is 12.1 Å². The lowest BCUT2D eigenvalue weighted by Gasteiger charge is -2.28. The normalized spacial score (nSPS) is 23.8. The summed E-state index contributed by atoms with van der Waals surface area (Å²) < 4.78 is 11.0. The molecule has 0 saturated carbocycles. The smallest absolute Gasteiger partial charge is 0.0830 e. The number of nitrogens with one attached hydrogen (secondary N) is 1. The highest BCUT2D eigenvalue weighted by Gasteiger charge is 2.21. The molecule has 0 spiro atoms. The fourth-order valence-electron chi connectivity index (χ4n) is 2.16. The van der Waals surface area contributed by atoms with Crippen LogP contribution in [0.3, 0.4) is 0 Å². The summed E-state index contributed by atoms with van der Waals surface area (Å²) in [5.41, 5.74) is -0.134. The van der Waals surface area contributed by atoms with Crippen molar-refractivity contribution in [2.24, 2.45) is 0 Å². The Morgan fingerprint density at radius 1 is 1.47 bits per heavy atom. The molecule has 1 aliphatic rings. The molecule has 1 heterocycles. The molecule has 1 saturated heterocycles. The molecule has 1 aliphatic heterocycles. The third-order valence-electron chi connectivity index (χ3n) is 3.32. The Balaban J connectivity index is 2.01. The van der Waals surface area contributed by atoms with E-state index in [1.807, 2.05) is 0 Å². The first kappa shape index (κ1) is 14.9. The number of rotatable bonds is 9. The SMILES string of the molecule is CCNC(C)(CO)CCCCOC1CCOC1. The van der Waals surface area contributed by atoms with Gasteiger partial charge in [0.05, 0.1) is 19.3 Å². The van der Waals surface area contributed by atoms with Crippen LogP contribution >= 0.6 is 0 Å². The molecule has 0 radical (unpaired) electrons. The lowest BCUT2D eigenvalue weighted by molar-refractivity contribution is 0.0392. The number of aliphatic hydroxyl groups is 1. The second kappa shape index (κ2) is 8.03. The van der Waals surface area contributed by atoms with E-state index in [0.29, 0.717) is 6.10 Å². The Morgan fingerprint density at radius 2 is 2.29 bits per heavy atom. The third kappa shape index (κ3) is 5.82. The Labute approximate surface area is 105 Å². The van der Waals surface area contributed by atoms with Crippen LogP contribution in [0.15, 0.2) is 0 Å². The predicted molar refractivity (Wildman–Crippen MR) is 68.2 cm³/mol. The van der Waals surface area contributed by atoms with Crippen LogP contribution in [0.25, 0.3) is 0 Å². The first-order chi connectivity index (χ1) is 8.20. The zero-order chi connectivity index (χ0) is 12.6. The van der Waals surface area contributed by atoms with E-state index in [1.54, 1.807) is 0 Å². The van der Waals surface area contributed by atoms with Gasteiger partial charge in [0.2, 0.25) is 0 Å². The minimum atomic E-state index is -0.134. The highest BCUT2D eigenvalue weighted by molar-refractivity contribution is 4.81. The van der Waals surface area contributed by atoms with E-state index in [0.717, 1.165) is 52.0 Å². The molecular weight excluding hydrogens is 218 g/mol. The minimum Gasteiger partial charge on any atom is -0.394 e. The maximum absolute atomic E-state index is 9.34. The molecule has 1 rings (SSSR count). The lowest BCUT2D eigenvalue weighted by atomic mass is 9.96. The van der Waals surface area contributed by atoms with Gasteiger partial charge in [0, 0.05) is 18.8 Å². The molecule has 102 valence electrons. The molecule has 0 aliphatic carbocycles.